The van der Waals surface area contributed by atoms with Crippen LogP contribution in [-0.4, -0.2) is 60.9 Å². The summed E-state index contributed by atoms with van der Waals surface area (Å²) in [7, 11) is -2.94. The fourth-order valence-corrected chi connectivity index (χ4v) is 3.23. The monoisotopic (exact) mass is 362 g/mol. The summed E-state index contributed by atoms with van der Waals surface area (Å²) in [5, 5.41) is 14.1. The van der Waals surface area contributed by atoms with E-state index in [1.54, 1.807) is 0 Å². The molecule has 23 heavy (non-hydrogen) atoms. The van der Waals surface area contributed by atoms with Gasteiger partial charge in [0.15, 0.2) is 0 Å². The number of nitro groups is 1. The molecule has 0 saturated carbocycles. The second kappa shape index (κ2) is 7.41. The molecule has 0 aromatic carbocycles. The van der Waals surface area contributed by atoms with Crippen LogP contribution in [-0.2, 0) is 9.84 Å². The van der Waals surface area contributed by atoms with Crippen molar-refractivity contribution in [3.05, 3.63) is 27.4 Å². The second-order valence-electron chi connectivity index (χ2n) is 5.67. The molecule has 1 N–H and O–H groups in total. The molecule has 1 fully saturated rings. The molecular weight excluding hydrogens is 344 g/mol. The van der Waals surface area contributed by atoms with Crippen LogP contribution >= 0.6 is 11.6 Å². The van der Waals surface area contributed by atoms with E-state index in [1.807, 2.05) is 0 Å². The molecule has 1 aromatic rings. The molecule has 0 spiro atoms. The Bertz CT molecular complexity index is 675. The number of likely N-dealkylation sites (tertiary alicyclic amines) is 1. The number of piperidine rings is 1. The minimum atomic E-state index is -2.94. The molecule has 2 rings (SSSR count). The van der Waals surface area contributed by atoms with Crippen molar-refractivity contribution >= 4 is 32.9 Å². The van der Waals surface area contributed by atoms with Crippen molar-refractivity contribution in [1.82, 2.24) is 9.88 Å². The quantitative estimate of drug-likeness (QED) is 0.604. The van der Waals surface area contributed by atoms with Gasteiger partial charge in [-0.1, -0.05) is 11.6 Å². The minimum absolute atomic E-state index is 0.142. The zero-order valence-corrected chi connectivity index (χ0v) is 14.3. The van der Waals surface area contributed by atoms with Crippen molar-refractivity contribution in [2.24, 2.45) is 0 Å². The zero-order valence-electron chi connectivity index (χ0n) is 12.7. The molecule has 2 heterocycles. The summed E-state index contributed by atoms with van der Waals surface area (Å²) in [5.74, 6) is 0.604. The van der Waals surface area contributed by atoms with Crippen LogP contribution in [0.1, 0.15) is 12.8 Å². The van der Waals surface area contributed by atoms with Crippen LogP contribution < -0.4 is 5.32 Å². The first-order chi connectivity index (χ1) is 10.7. The maximum Gasteiger partial charge on any atom is 0.289 e. The summed E-state index contributed by atoms with van der Waals surface area (Å²) >= 11 is 6.01. The molecule has 0 aliphatic carbocycles. The van der Waals surface area contributed by atoms with Gasteiger partial charge in [-0.25, -0.2) is 13.4 Å². The highest BCUT2D eigenvalue weighted by Gasteiger charge is 2.21. The van der Waals surface area contributed by atoms with E-state index in [0.717, 1.165) is 25.9 Å². The summed E-state index contributed by atoms with van der Waals surface area (Å²) in [4.78, 5) is 16.2. The van der Waals surface area contributed by atoms with Crippen LogP contribution in [0, 0.1) is 10.1 Å². The maximum absolute atomic E-state index is 11.2. The molecular formula is C13H19ClN4O4S. The topological polar surface area (TPSA) is 105 Å². The predicted octanol–water partition coefficient (Wildman–Crippen LogP) is 1.56. The molecule has 1 aliphatic rings. The molecule has 8 nitrogen and oxygen atoms in total. The highest BCUT2D eigenvalue weighted by atomic mass is 35.5. The van der Waals surface area contributed by atoms with Crippen LogP contribution in [0.15, 0.2) is 12.3 Å². The summed E-state index contributed by atoms with van der Waals surface area (Å²) < 4.78 is 22.4. The van der Waals surface area contributed by atoms with Gasteiger partial charge in [-0.3, -0.25) is 10.1 Å². The second-order valence-corrected chi connectivity index (χ2v) is 8.34. The van der Waals surface area contributed by atoms with E-state index < -0.39 is 14.8 Å². The number of hydrogen-bond donors (Lipinski definition) is 1. The number of pyridine rings is 1. The Morgan fingerprint density at radius 1 is 1.48 bits per heavy atom. The molecule has 0 bridgehead atoms. The number of sulfone groups is 1. The Morgan fingerprint density at radius 3 is 2.65 bits per heavy atom. The van der Waals surface area contributed by atoms with Gasteiger partial charge in [0, 0.05) is 38.0 Å². The van der Waals surface area contributed by atoms with Crippen molar-refractivity contribution in [2.45, 2.75) is 18.9 Å². The predicted molar refractivity (Wildman–Crippen MR) is 88.7 cm³/mol. The van der Waals surface area contributed by atoms with Crippen LogP contribution in [0.2, 0.25) is 5.02 Å². The van der Waals surface area contributed by atoms with Gasteiger partial charge in [0.2, 0.25) is 0 Å². The lowest BCUT2D eigenvalue weighted by Gasteiger charge is -2.32. The third-order valence-electron chi connectivity index (χ3n) is 3.74. The van der Waals surface area contributed by atoms with Gasteiger partial charge in [0.05, 0.1) is 15.7 Å². The lowest BCUT2D eigenvalue weighted by Crippen LogP contribution is -2.41. The molecule has 1 saturated heterocycles. The number of anilines is 1. The normalized spacial score (nSPS) is 17.1. The van der Waals surface area contributed by atoms with E-state index in [2.05, 4.69) is 15.2 Å². The van der Waals surface area contributed by atoms with Gasteiger partial charge in [-0.05, 0) is 12.8 Å². The smallest absolute Gasteiger partial charge is 0.289 e. The molecule has 128 valence electrons. The number of aromatic nitrogens is 1. The number of nitrogens with zero attached hydrogens (tertiary/aromatic N) is 3. The van der Waals surface area contributed by atoms with E-state index >= 15 is 0 Å². The Balaban J connectivity index is 1.86. The van der Waals surface area contributed by atoms with E-state index in [-0.39, 0.29) is 22.5 Å². The highest BCUT2D eigenvalue weighted by Crippen LogP contribution is 2.26. The van der Waals surface area contributed by atoms with Crippen molar-refractivity contribution in [3.63, 3.8) is 0 Å². The van der Waals surface area contributed by atoms with Gasteiger partial charge in [0.25, 0.3) is 5.69 Å². The van der Waals surface area contributed by atoms with Gasteiger partial charge in [-0.15, -0.1) is 0 Å². The SMILES string of the molecule is CS(=O)(=O)CCN1CCC(Nc2ncc([N+](=O)[O-])cc2Cl)CC1. The molecule has 1 aromatic heterocycles. The highest BCUT2D eigenvalue weighted by molar-refractivity contribution is 7.90. The number of halogens is 1. The molecule has 10 heteroatoms. The first kappa shape index (κ1) is 17.9. The number of rotatable bonds is 6. The molecule has 0 amide bonds. The fraction of sp³-hybridized carbons (Fsp3) is 0.615. The minimum Gasteiger partial charge on any atom is -0.366 e. The van der Waals surface area contributed by atoms with Crippen molar-refractivity contribution in [1.29, 1.82) is 0 Å². The van der Waals surface area contributed by atoms with E-state index in [1.165, 1.54) is 18.5 Å². The lowest BCUT2D eigenvalue weighted by molar-refractivity contribution is -0.385. The van der Waals surface area contributed by atoms with Crippen LogP contribution in [0.3, 0.4) is 0 Å². The molecule has 0 unspecified atom stereocenters. The first-order valence-electron chi connectivity index (χ1n) is 7.21. The summed E-state index contributed by atoms with van der Waals surface area (Å²) in [5.41, 5.74) is -0.142. The maximum atomic E-state index is 11.2. The van der Waals surface area contributed by atoms with E-state index in [4.69, 9.17) is 11.6 Å². The Morgan fingerprint density at radius 2 is 2.13 bits per heavy atom. The van der Waals surface area contributed by atoms with Crippen LogP contribution in [0.5, 0.6) is 0 Å². The molecule has 0 atom stereocenters. The van der Waals surface area contributed by atoms with Gasteiger partial charge >= 0.3 is 0 Å². The van der Waals surface area contributed by atoms with Crippen molar-refractivity contribution in [3.8, 4) is 0 Å². The largest absolute Gasteiger partial charge is 0.366 e. The molecule has 0 radical (unpaired) electrons. The van der Waals surface area contributed by atoms with Gasteiger partial charge < -0.3 is 10.2 Å². The van der Waals surface area contributed by atoms with Crippen LogP contribution in [0.25, 0.3) is 0 Å². The third kappa shape index (κ3) is 5.60. The van der Waals surface area contributed by atoms with Gasteiger partial charge in [-0.2, -0.15) is 0 Å². The summed E-state index contributed by atoms with van der Waals surface area (Å²) in [6.45, 7) is 2.12. The first-order valence-corrected chi connectivity index (χ1v) is 9.65. The molecule has 1 aliphatic heterocycles. The average molecular weight is 363 g/mol. The Labute approximate surface area is 139 Å². The Hall–Kier alpha value is -1.45. The summed E-state index contributed by atoms with van der Waals surface area (Å²) in [6.07, 6.45) is 4.08. The van der Waals surface area contributed by atoms with E-state index in [0.29, 0.717) is 12.4 Å². The Kier molecular flexibility index (Phi) is 5.77. The summed E-state index contributed by atoms with van der Waals surface area (Å²) in [6, 6.07) is 1.44. The van der Waals surface area contributed by atoms with Gasteiger partial charge in [0.1, 0.15) is 21.9 Å². The fourth-order valence-electron chi connectivity index (χ4n) is 2.42. The lowest BCUT2D eigenvalue weighted by atomic mass is 10.1. The number of nitrogens with one attached hydrogen (secondary N) is 1. The van der Waals surface area contributed by atoms with E-state index in [9.17, 15) is 18.5 Å². The standard InChI is InChI=1S/C13H19ClN4O4S/c1-23(21,22)7-6-17-4-2-10(3-5-17)16-13-12(14)8-11(9-15-13)18(19)20/h8-10H,2-7H2,1H3,(H,15,16). The average Bonchev–Trinajstić information content (AvgIpc) is 2.47. The van der Waals surface area contributed by atoms with Crippen LogP contribution in [0.4, 0.5) is 11.5 Å². The van der Waals surface area contributed by atoms with Crippen molar-refractivity contribution < 1.29 is 13.3 Å². The zero-order chi connectivity index (χ0) is 17.0. The third-order valence-corrected chi connectivity index (χ3v) is 4.96. The van der Waals surface area contributed by atoms with Crippen molar-refractivity contribution in [2.75, 3.05) is 37.0 Å². The number of hydrogen-bond acceptors (Lipinski definition) is 7.